The Hall–Kier alpha value is -2.54. The molecule has 0 saturated heterocycles. The van der Waals surface area contributed by atoms with Crippen molar-refractivity contribution >= 4 is 17.9 Å². The first-order valence-corrected chi connectivity index (χ1v) is 9.06. The highest BCUT2D eigenvalue weighted by molar-refractivity contribution is 5.89. The summed E-state index contributed by atoms with van der Waals surface area (Å²) in [5.41, 5.74) is 1.65. The van der Waals surface area contributed by atoms with Gasteiger partial charge in [0.1, 0.15) is 6.54 Å². The van der Waals surface area contributed by atoms with Crippen molar-refractivity contribution in [2.75, 3.05) is 27.4 Å². The minimum atomic E-state index is -0.320. The van der Waals surface area contributed by atoms with Crippen LogP contribution in [0.5, 0.6) is 11.5 Å². The highest BCUT2D eigenvalue weighted by Gasteiger charge is 2.23. The average molecular weight is 376 g/mol. The maximum Gasteiger partial charge on any atom is 0.240 e. The number of aliphatic hydroxyl groups is 1. The molecule has 1 heterocycles. The van der Waals surface area contributed by atoms with Crippen molar-refractivity contribution in [3.63, 3.8) is 0 Å². The molecule has 1 aliphatic rings. The summed E-state index contributed by atoms with van der Waals surface area (Å²) < 4.78 is 10.6. The molecule has 2 N–H and O–H groups in total. The van der Waals surface area contributed by atoms with Crippen molar-refractivity contribution in [2.24, 2.45) is 5.92 Å². The van der Waals surface area contributed by atoms with E-state index in [-0.39, 0.29) is 43.3 Å². The van der Waals surface area contributed by atoms with E-state index in [0.717, 1.165) is 17.5 Å². The Morgan fingerprint density at radius 3 is 2.56 bits per heavy atom. The van der Waals surface area contributed by atoms with Crippen LogP contribution in [0.4, 0.5) is 0 Å². The number of nitrogens with zero attached hydrogens (tertiary/aromatic N) is 1. The molecule has 1 aliphatic heterocycles. The second-order valence-electron chi connectivity index (χ2n) is 6.66. The van der Waals surface area contributed by atoms with Gasteiger partial charge in [0, 0.05) is 6.20 Å². The number of rotatable bonds is 8. The summed E-state index contributed by atoms with van der Waals surface area (Å²) in [6.07, 6.45) is 4.39. The van der Waals surface area contributed by atoms with Gasteiger partial charge in [-0.25, -0.2) is 0 Å². The van der Waals surface area contributed by atoms with E-state index in [1.807, 2.05) is 19.9 Å². The third-order valence-corrected chi connectivity index (χ3v) is 4.93. The first kappa shape index (κ1) is 20.8. The number of ether oxygens (including phenoxy) is 2. The lowest BCUT2D eigenvalue weighted by molar-refractivity contribution is -0.133. The third kappa shape index (κ3) is 5.01. The van der Waals surface area contributed by atoms with Gasteiger partial charge in [-0.2, -0.15) is 0 Å². The molecule has 0 saturated carbocycles. The second-order valence-corrected chi connectivity index (χ2v) is 6.66. The fourth-order valence-corrected chi connectivity index (χ4v) is 2.96. The van der Waals surface area contributed by atoms with E-state index in [9.17, 15) is 14.7 Å². The summed E-state index contributed by atoms with van der Waals surface area (Å²) in [5, 5.41) is 12.3. The van der Waals surface area contributed by atoms with Gasteiger partial charge in [-0.15, -0.1) is 0 Å². The Labute approximate surface area is 159 Å². The molecule has 0 aliphatic carbocycles. The van der Waals surface area contributed by atoms with Crippen molar-refractivity contribution in [2.45, 2.75) is 32.7 Å². The molecule has 0 spiro atoms. The number of aliphatic hydroxyl groups excluding tert-OH is 1. The number of carbonyl (C=O) groups excluding carboxylic acids is 2. The van der Waals surface area contributed by atoms with Crippen LogP contribution in [-0.2, 0) is 16.0 Å². The molecule has 0 unspecified atom stereocenters. The highest BCUT2D eigenvalue weighted by Crippen LogP contribution is 2.32. The monoisotopic (exact) mass is 376 g/mol. The van der Waals surface area contributed by atoms with Crippen LogP contribution in [-0.4, -0.2) is 55.2 Å². The van der Waals surface area contributed by atoms with Crippen LogP contribution in [0.2, 0.25) is 0 Å². The topological polar surface area (TPSA) is 88.1 Å². The lowest BCUT2D eigenvalue weighted by Gasteiger charge is -2.24. The summed E-state index contributed by atoms with van der Waals surface area (Å²) in [4.78, 5) is 26.3. The number of carbonyl (C=O) groups is 2. The fourth-order valence-electron chi connectivity index (χ4n) is 2.96. The van der Waals surface area contributed by atoms with Gasteiger partial charge in [0.15, 0.2) is 11.5 Å². The Morgan fingerprint density at radius 1 is 1.30 bits per heavy atom. The van der Waals surface area contributed by atoms with Crippen molar-refractivity contribution in [1.82, 2.24) is 10.2 Å². The first-order valence-electron chi connectivity index (χ1n) is 9.06. The molecule has 27 heavy (non-hydrogen) atoms. The Balaban J connectivity index is 2.12. The SMILES string of the molecule is CC[C@H](C)[C@H](CO)NC(=O)CN1C=Cc2cc(OC)c(OC)cc2CC1=O. The van der Waals surface area contributed by atoms with E-state index in [1.165, 1.54) is 4.90 Å². The molecule has 1 aromatic rings. The number of benzene rings is 1. The number of hydrogen-bond acceptors (Lipinski definition) is 5. The molecule has 0 bridgehead atoms. The van der Waals surface area contributed by atoms with Gasteiger partial charge in [0.05, 0.1) is 33.3 Å². The minimum absolute atomic E-state index is 0.0927. The van der Waals surface area contributed by atoms with Gasteiger partial charge in [-0.05, 0) is 35.3 Å². The third-order valence-electron chi connectivity index (χ3n) is 4.93. The molecule has 2 atom stereocenters. The molecule has 148 valence electrons. The van der Waals surface area contributed by atoms with Crippen molar-refractivity contribution in [1.29, 1.82) is 0 Å². The highest BCUT2D eigenvalue weighted by atomic mass is 16.5. The summed E-state index contributed by atoms with van der Waals surface area (Å²) in [6, 6.07) is 3.27. The zero-order valence-corrected chi connectivity index (χ0v) is 16.3. The number of methoxy groups -OCH3 is 2. The summed E-state index contributed by atoms with van der Waals surface area (Å²) in [7, 11) is 3.10. The van der Waals surface area contributed by atoms with Crippen molar-refractivity contribution < 1.29 is 24.2 Å². The zero-order chi connectivity index (χ0) is 20.0. The van der Waals surface area contributed by atoms with E-state index >= 15 is 0 Å². The van der Waals surface area contributed by atoms with Crippen LogP contribution in [0.3, 0.4) is 0 Å². The molecular weight excluding hydrogens is 348 g/mol. The lowest BCUT2D eigenvalue weighted by Crippen LogP contribution is -2.46. The molecular formula is C20H28N2O5. The number of fused-ring (bicyclic) bond motifs is 1. The minimum Gasteiger partial charge on any atom is -0.493 e. The lowest BCUT2D eigenvalue weighted by atomic mass is 10.00. The molecule has 2 rings (SSSR count). The van der Waals surface area contributed by atoms with Gasteiger partial charge in [-0.3, -0.25) is 9.59 Å². The van der Waals surface area contributed by atoms with Crippen LogP contribution in [0.15, 0.2) is 18.3 Å². The van der Waals surface area contributed by atoms with Crippen LogP contribution < -0.4 is 14.8 Å². The predicted molar refractivity (Wildman–Crippen MR) is 102 cm³/mol. The maximum absolute atomic E-state index is 12.6. The normalized spacial score (nSPS) is 15.6. The van der Waals surface area contributed by atoms with Gasteiger partial charge in [0.25, 0.3) is 0 Å². The number of nitrogens with one attached hydrogen (secondary N) is 1. The van der Waals surface area contributed by atoms with E-state index in [2.05, 4.69) is 5.32 Å². The Morgan fingerprint density at radius 2 is 1.96 bits per heavy atom. The van der Waals surface area contributed by atoms with Gasteiger partial charge in [0.2, 0.25) is 11.8 Å². The fraction of sp³-hybridized carbons (Fsp3) is 0.500. The van der Waals surface area contributed by atoms with E-state index in [1.54, 1.807) is 32.6 Å². The average Bonchev–Trinajstić information content (AvgIpc) is 2.82. The second kappa shape index (κ2) is 9.41. The molecule has 0 fully saturated rings. The maximum atomic E-state index is 12.6. The van der Waals surface area contributed by atoms with Gasteiger partial charge in [-0.1, -0.05) is 20.3 Å². The quantitative estimate of drug-likeness (QED) is 0.719. The van der Waals surface area contributed by atoms with E-state index in [0.29, 0.717) is 11.5 Å². The van der Waals surface area contributed by atoms with Crippen LogP contribution in [0, 0.1) is 5.92 Å². The smallest absolute Gasteiger partial charge is 0.240 e. The standard InChI is InChI=1S/C20H28N2O5/c1-5-13(2)16(12-23)21-19(24)11-22-7-6-14-8-17(26-3)18(27-4)9-15(14)10-20(22)25/h6-9,13,16,23H,5,10-12H2,1-4H3,(H,21,24)/t13-,16-/m0/s1. The summed E-state index contributed by atoms with van der Waals surface area (Å²) >= 11 is 0. The van der Waals surface area contributed by atoms with Gasteiger partial charge < -0.3 is 24.8 Å². The van der Waals surface area contributed by atoms with E-state index < -0.39 is 0 Å². The number of amides is 2. The Bertz CT molecular complexity index is 717. The molecule has 0 radical (unpaired) electrons. The van der Waals surface area contributed by atoms with Crippen molar-refractivity contribution in [3.8, 4) is 11.5 Å². The largest absolute Gasteiger partial charge is 0.493 e. The zero-order valence-electron chi connectivity index (χ0n) is 16.3. The van der Waals surface area contributed by atoms with Gasteiger partial charge >= 0.3 is 0 Å². The molecule has 7 nitrogen and oxygen atoms in total. The van der Waals surface area contributed by atoms with E-state index in [4.69, 9.17) is 9.47 Å². The molecule has 2 amide bonds. The van der Waals surface area contributed by atoms with Crippen LogP contribution in [0.25, 0.3) is 6.08 Å². The molecule has 0 aromatic heterocycles. The van der Waals surface area contributed by atoms with Crippen molar-refractivity contribution in [3.05, 3.63) is 29.5 Å². The summed E-state index contributed by atoms with van der Waals surface area (Å²) in [6.45, 7) is 3.75. The summed E-state index contributed by atoms with van der Waals surface area (Å²) in [5.74, 6) is 0.810. The molecule has 7 heteroatoms. The predicted octanol–water partition coefficient (Wildman–Crippen LogP) is 1.58. The van der Waals surface area contributed by atoms with Crippen LogP contribution in [0.1, 0.15) is 31.4 Å². The Kier molecular flexibility index (Phi) is 7.24. The first-order chi connectivity index (χ1) is 12.9. The molecule has 1 aromatic carbocycles. The van der Waals surface area contributed by atoms with Crippen LogP contribution >= 0.6 is 0 Å². The number of hydrogen-bond donors (Lipinski definition) is 2.